The normalized spacial score (nSPS) is 12.5. The van der Waals surface area contributed by atoms with Gasteiger partial charge in [0, 0.05) is 6.42 Å². The first-order chi connectivity index (χ1) is 11.9. The third kappa shape index (κ3) is 5.69. The summed E-state index contributed by atoms with van der Waals surface area (Å²) in [7, 11) is -7.96. The first-order valence-corrected chi connectivity index (χ1v) is 9.74. The zero-order valence-corrected chi connectivity index (χ0v) is 14.4. The summed E-state index contributed by atoms with van der Waals surface area (Å²) < 4.78 is 55.8. The zero-order chi connectivity index (χ0) is 18.2. The Balaban J connectivity index is 1.83. The Morgan fingerprint density at radius 3 is 1.40 bits per heavy atom. The van der Waals surface area contributed by atoms with Crippen molar-refractivity contribution in [1.29, 1.82) is 0 Å². The van der Waals surface area contributed by atoms with Gasteiger partial charge in [0.1, 0.15) is 9.79 Å². The van der Waals surface area contributed by atoms with Gasteiger partial charge < -0.3 is 0 Å². The Kier molecular flexibility index (Phi) is 6.25. The minimum absolute atomic E-state index is 0.00855. The lowest BCUT2D eigenvalue weighted by atomic mass is 10.4. The molecule has 8 nitrogen and oxygen atoms in total. The molecule has 2 aromatic carbocycles. The Morgan fingerprint density at radius 1 is 0.680 bits per heavy atom. The molecule has 0 aliphatic heterocycles. The van der Waals surface area contributed by atoms with Gasteiger partial charge >= 0.3 is 20.2 Å². The summed E-state index contributed by atoms with van der Waals surface area (Å²) in [5.41, 5.74) is 0. The zero-order valence-electron chi connectivity index (χ0n) is 12.8. The van der Waals surface area contributed by atoms with E-state index in [1.54, 1.807) is 36.4 Å². The van der Waals surface area contributed by atoms with Crippen molar-refractivity contribution < 1.29 is 25.4 Å². The molecule has 0 bridgehead atoms. The van der Waals surface area contributed by atoms with E-state index < -0.39 is 20.2 Å². The topological polar surface area (TPSA) is 111 Å². The van der Waals surface area contributed by atoms with Crippen LogP contribution in [0.4, 0.5) is 0 Å². The number of rotatable bonds is 8. The Hall–Kier alpha value is -2.72. The molecule has 0 unspecified atom stereocenters. The largest absolute Gasteiger partial charge is 0.358 e. The summed E-state index contributed by atoms with van der Waals surface area (Å²) in [5.74, 6) is 0. The molecular formula is C15H14N2O6S2. The summed E-state index contributed by atoms with van der Waals surface area (Å²) in [5, 5.41) is 6.60. The van der Waals surface area contributed by atoms with Crippen LogP contribution in [0.1, 0.15) is 6.42 Å². The maximum atomic E-state index is 11.7. The average molecular weight is 382 g/mol. The maximum absolute atomic E-state index is 11.7. The molecule has 2 rings (SSSR count). The van der Waals surface area contributed by atoms with Crippen molar-refractivity contribution in [1.82, 2.24) is 0 Å². The highest BCUT2D eigenvalue weighted by atomic mass is 32.2. The van der Waals surface area contributed by atoms with Gasteiger partial charge in [0.05, 0.1) is 12.4 Å². The molecule has 10 heteroatoms. The molecule has 0 radical (unpaired) electrons. The smallest absolute Gasteiger partial charge is 0.265 e. The highest BCUT2D eigenvalue weighted by molar-refractivity contribution is 7.87. The van der Waals surface area contributed by atoms with Crippen LogP contribution in [-0.2, 0) is 28.8 Å². The van der Waals surface area contributed by atoms with E-state index in [4.69, 9.17) is 0 Å². The second kappa shape index (κ2) is 8.40. The van der Waals surface area contributed by atoms with Crippen molar-refractivity contribution in [3.8, 4) is 0 Å². The summed E-state index contributed by atoms with van der Waals surface area (Å²) in [6.07, 6.45) is 2.21. The molecule has 0 N–H and O–H groups in total. The van der Waals surface area contributed by atoms with E-state index >= 15 is 0 Å². The quantitative estimate of drug-likeness (QED) is 0.511. The minimum atomic E-state index is -3.98. The van der Waals surface area contributed by atoms with E-state index in [1.807, 2.05) is 0 Å². The van der Waals surface area contributed by atoms with E-state index in [1.165, 1.54) is 24.3 Å². The van der Waals surface area contributed by atoms with Gasteiger partial charge in [-0.25, -0.2) is 0 Å². The van der Waals surface area contributed by atoms with Crippen molar-refractivity contribution >= 4 is 32.7 Å². The molecule has 0 aliphatic carbocycles. The molecule has 0 saturated heterocycles. The van der Waals surface area contributed by atoms with E-state index in [0.717, 1.165) is 12.4 Å². The van der Waals surface area contributed by atoms with Crippen LogP contribution in [0.15, 0.2) is 80.8 Å². The van der Waals surface area contributed by atoms with Crippen molar-refractivity contribution in [2.75, 3.05) is 0 Å². The first kappa shape index (κ1) is 18.6. The second-order valence-corrected chi connectivity index (χ2v) is 7.55. The molecule has 0 heterocycles. The predicted octanol–water partition coefficient (Wildman–Crippen LogP) is 2.16. The van der Waals surface area contributed by atoms with Gasteiger partial charge in [-0.05, 0) is 24.3 Å². The van der Waals surface area contributed by atoms with Crippen LogP contribution in [0, 0.1) is 0 Å². The van der Waals surface area contributed by atoms with Crippen LogP contribution in [0.25, 0.3) is 0 Å². The second-order valence-electron chi connectivity index (χ2n) is 4.50. The van der Waals surface area contributed by atoms with Crippen LogP contribution < -0.4 is 0 Å². The molecular weight excluding hydrogens is 368 g/mol. The Bertz CT molecular complexity index is 861. The Labute approximate surface area is 145 Å². The SMILES string of the molecule is O=S(=O)(ON=CCC=NOS(=O)(=O)c1ccccc1)c1ccccc1. The van der Waals surface area contributed by atoms with Gasteiger partial charge in [-0.1, -0.05) is 46.7 Å². The number of oxime groups is 2. The van der Waals surface area contributed by atoms with E-state index in [9.17, 15) is 16.8 Å². The van der Waals surface area contributed by atoms with Crippen molar-refractivity contribution in [2.45, 2.75) is 16.2 Å². The lowest BCUT2D eigenvalue weighted by Crippen LogP contribution is -2.03. The van der Waals surface area contributed by atoms with E-state index in [-0.39, 0.29) is 16.2 Å². The molecule has 132 valence electrons. The van der Waals surface area contributed by atoms with Crippen molar-refractivity contribution in [3.05, 3.63) is 60.7 Å². The van der Waals surface area contributed by atoms with Crippen molar-refractivity contribution in [3.63, 3.8) is 0 Å². The standard InChI is InChI=1S/C15H14N2O6S2/c18-24(19,14-8-3-1-4-9-14)22-16-12-7-13-17-23-25(20,21)15-10-5-2-6-11-15/h1-6,8-13H,7H2. The van der Waals surface area contributed by atoms with Gasteiger partial charge in [-0.15, -0.1) is 0 Å². The average Bonchev–Trinajstić information content (AvgIpc) is 2.62. The fourth-order valence-electron chi connectivity index (χ4n) is 1.57. The molecule has 2 aromatic rings. The predicted molar refractivity (Wildman–Crippen MR) is 91.0 cm³/mol. The Morgan fingerprint density at radius 2 is 1.04 bits per heavy atom. The number of hydrogen-bond acceptors (Lipinski definition) is 8. The van der Waals surface area contributed by atoms with Gasteiger partial charge in [-0.2, -0.15) is 16.8 Å². The molecule has 25 heavy (non-hydrogen) atoms. The van der Waals surface area contributed by atoms with Crippen LogP contribution in [-0.4, -0.2) is 29.3 Å². The number of hydrogen-bond donors (Lipinski definition) is 0. The maximum Gasteiger partial charge on any atom is 0.358 e. The van der Waals surface area contributed by atoms with Crippen LogP contribution in [0.3, 0.4) is 0 Å². The molecule has 0 fully saturated rings. The fraction of sp³-hybridized carbons (Fsp3) is 0.0667. The number of benzene rings is 2. The van der Waals surface area contributed by atoms with E-state index in [2.05, 4.69) is 18.9 Å². The molecule has 0 spiro atoms. The lowest BCUT2D eigenvalue weighted by molar-refractivity contribution is 0.339. The lowest BCUT2D eigenvalue weighted by Gasteiger charge is -2.00. The van der Waals surface area contributed by atoms with Crippen LogP contribution in [0.5, 0.6) is 0 Å². The van der Waals surface area contributed by atoms with Gasteiger partial charge in [0.2, 0.25) is 0 Å². The molecule has 0 amide bonds. The summed E-state index contributed by atoms with van der Waals surface area (Å²) in [6, 6.07) is 15.0. The first-order valence-electron chi connectivity index (χ1n) is 6.93. The summed E-state index contributed by atoms with van der Waals surface area (Å²) >= 11 is 0. The highest BCUT2D eigenvalue weighted by Crippen LogP contribution is 2.12. The molecule has 0 saturated carbocycles. The van der Waals surface area contributed by atoms with Crippen LogP contribution in [0.2, 0.25) is 0 Å². The van der Waals surface area contributed by atoms with Gasteiger partial charge in [0.25, 0.3) is 0 Å². The minimum Gasteiger partial charge on any atom is -0.265 e. The fourth-order valence-corrected chi connectivity index (χ4v) is 3.07. The monoisotopic (exact) mass is 382 g/mol. The molecule has 0 aliphatic rings. The van der Waals surface area contributed by atoms with E-state index in [0.29, 0.717) is 0 Å². The molecule has 0 atom stereocenters. The van der Waals surface area contributed by atoms with Gasteiger partial charge in [-0.3, -0.25) is 8.57 Å². The van der Waals surface area contributed by atoms with Crippen LogP contribution >= 0.6 is 0 Å². The van der Waals surface area contributed by atoms with Gasteiger partial charge in [0.15, 0.2) is 0 Å². The third-order valence-electron chi connectivity index (χ3n) is 2.71. The number of nitrogens with zero attached hydrogens (tertiary/aromatic N) is 2. The summed E-state index contributed by atoms with van der Waals surface area (Å²) in [4.78, 5) is -0.0591. The highest BCUT2D eigenvalue weighted by Gasteiger charge is 2.14. The molecule has 0 aromatic heterocycles. The van der Waals surface area contributed by atoms with Crippen molar-refractivity contribution in [2.24, 2.45) is 10.3 Å². The summed E-state index contributed by atoms with van der Waals surface area (Å²) in [6.45, 7) is 0. The third-order valence-corrected chi connectivity index (χ3v) is 4.97.